The minimum atomic E-state index is -0.0632. The number of quaternary nitrogens is 1. The van der Waals surface area contributed by atoms with Gasteiger partial charge in [-0.15, -0.1) is 0 Å². The third-order valence-corrected chi connectivity index (χ3v) is 2.36. The molecule has 0 amide bonds. The van der Waals surface area contributed by atoms with Crippen molar-refractivity contribution < 1.29 is 26.8 Å². The normalized spacial score (nSPS) is 12.6. The van der Waals surface area contributed by atoms with Crippen LogP contribution in [0.1, 0.15) is 27.2 Å². The van der Waals surface area contributed by atoms with Crippen LogP contribution in [0, 0.1) is 0 Å². The van der Waals surface area contributed by atoms with Crippen LogP contribution >= 0.6 is 0 Å². The largest absolute Gasteiger partial charge is 1.00 e. The maximum Gasteiger partial charge on any atom is 0.154 e. The topological polar surface area (TPSA) is 22.9 Å². The summed E-state index contributed by atoms with van der Waals surface area (Å²) in [7, 11) is 1.67. The molecule has 0 radical (unpaired) electrons. The molecule has 1 unspecified atom stereocenters. The van der Waals surface area contributed by atoms with Gasteiger partial charge in [0.05, 0.1) is 26.2 Å². The molecule has 3 nitrogen and oxygen atoms in total. The van der Waals surface area contributed by atoms with Crippen LogP contribution in [-0.2, 0) is 9.47 Å². The first-order chi connectivity index (χ1) is 6.24. The average Bonchev–Trinajstić information content (AvgIpc) is 2.18. The Kier molecular flexibility index (Phi) is 13.3. The van der Waals surface area contributed by atoms with E-state index in [2.05, 4.69) is 13.8 Å². The third-order valence-electron chi connectivity index (χ3n) is 2.36. The first-order valence-electron chi connectivity index (χ1n) is 5.22. The Labute approximate surface area is 94.2 Å². The highest BCUT2D eigenvalue weighted by molar-refractivity contribution is 4.34. The second-order valence-corrected chi connectivity index (χ2v) is 3.23. The number of hydrogen-bond acceptors (Lipinski definition) is 2. The lowest BCUT2D eigenvalue weighted by molar-refractivity contribution is -0.896. The molecule has 0 aromatic rings. The van der Waals surface area contributed by atoms with Crippen LogP contribution < -0.4 is 17.3 Å². The van der Waals surface area contributed by atoms with Crippen molar-refractivity contribution in [2.45, 2.75) is 33.5 Å². The molecule has 0 fully saturated rings. The van der Waals surface area contributed by atoms with Crippen molar-refractivity contribution >= 4 is 0 Å². The predicted octanol–water partition coefficient (Wildman–Crippen LogP) is -2.69. The van der Waals surface area contributed by atoms with E-state index in [-0.39, 0.29) is 18.7 Å². The Morgan fingerprint density at radius 1 is 1.21 bits per heavy atom. The molecule has 4 heteroatoms. The molecule has 1 atom stereocenters. The van der Waals surface area contributed by atoms with Gasteiger partial charge in [0.25, 0.3) is 0 Å². The van der Waals surface area contributed by atoms with Gasteiger partial charge in [-0.05, 0) is 20.8 Å². The molecule has 0 rings (SSSR count). The summed E-state index contributed by atoms with van der Waals surface area (Å²) in [6.07, 6.45) is 1.05. The van der Waals surface area contributed by atoms with Gasteiger partial charge in [0.15, 0.2) is 6.29 Å². The van der Waals surface area contributed by atoms with E-state index in [0.29, 0.717) is 0 Å². The Bertz CT molecular complexity index is 110. The number of hydrogen-bond donors (Lipinski definition) is 1. The molecular formula is C10H24ClNO2. The van der Waals surface area contributed by atoms with Crippen LogP contribution in [0.15, 0.2) is 0 Å². The maximum absolute atomic E-state index is 5.39. The smallest absolute Gasteiger partial charge is 0.154 e. The van der Waals surface area contributed by atoms with Gasteiger partial charge in [-0.1, -0.05) is 0 Å². The van der Waals surface area contributed by atoms with Crippen LogP contribution in [0.2, 0.25) is 0 Å². The van der Waals surface area contributed by atoms with Crippen molar-refractivity contribution in [3.63, 3.8) is 0 Å². The monoisotopic (exact) mass is 225 g/mol. The number of nitrogens with one attached hydrogen (secondary N) is 1. The van der Waals surface area contributed by atoms with Gasteiger partial charge in [0.2, 0.25) is 0 Å². The predicted molar refractivity (Wildman–Crippen MR) is 54.0 cm³/mol. The Balaban J connectivity index is 0. The molecule has 0 aliphatic carbocycles. The summed E-state index contributed by atoms with van der Waals surface area (Å²) in [4.78, 5) is 1.63. The van der Waals surface area contributed by atoms with E-state index >= 15 is 0 Å². The molecule has 0 spiro atoms. The third kappa shape index (κ3) is 8.75. The van der Waals surface area contributed by atoms with Gasteiger partial charge in [-0.25, -0.2) is 0 Å². The van der Waals surface area contributed by atoms with Gasteiger partial charge in [0.1, 0.15) is 0 Å². The van der Waals surface area contributed by atoms with E-state index in [1.165, 1.54) is 19.6 Å². The number of ether oxygens (including phenoxy) is 2. The molecule has 0 aliphatic heterocycles. The first kappa shape index (κ1) is 16.6. The summed E-state index contributed by atoms with van der Waals surface area (Å²) in [5, 5.41) is 0. The molecule has 0 aliphatic rings. The van der Waals surface area contributed by atoms with E-state index in [0.717, 1.165) is 13.0 Å². The summed E-state index contributed by atoms with van der Waals surface area (Å²) >= 11 is 0. The number of rotatable bonds is 8. The SMILES string of the molecule is CC[NH+](CC)CCCOC(C)OC.[Cl-]. The van der Waals surface area contributed by atoms with E-state index in [9.17, 15) is 0 Å². The Morgan fingerprint density at radius 2 is 1.79 bits per heavy atom. The Morgan fingerprint density at radius 3 is 2.21 bits per heavy atom. The quantitative estimate of drug-likeness (QED) is 0.359. The summed E-state index contributed by atoms with van der Waals surface area (Å²) in [5.41, 5.74) is 0. The summed E-state index contributed by atoms with van der Waals surface area (Å²) < 4.78 is 10.4. The van der Waals surface area contributed by atoms with E-state index in [1.54, 1.807) is 12.0 Å². The van der Waals surface area contributed by atoms with E-state index < -0.39 is 0 Å². The highest BCUT2D eigenvalue weighted by atomic mass is 35.5. The maximum atomic E-state index is 5.39. The molecule has 0 heterocycles. The summed E-state index contributed by atoms with van der Waals surface area (Å²) in [6, 6.07) is 0. The van der Waals surface area contributed by atoms with Gasteiger partial charge in [-0.3, -0.25) is 0 Å². The fraction of sp³-hybridized carbons (Fsp3) is 1.00. The van der Waals surface area contributed by atoms with E-state index in [4.69, 9.17) is 9.47 Å². The first-order valence-corrected chi connectivity index (χ1v) is 5.22. The van der Waals surface area contributed by atoms with Crippen molar-refractivity contribution in [2.75, 3.05) is 33.4 Å². The average molecular weight is 226 g/mol. The second kappa shape index (κ2) is 11.2. The van der Waals surface area contributed by atoms with Gasteiger partial charge in [-0.2, -0.15) is 0 Å². The van der Waals surface area contributed by atoms with Crippen LogP contribution in [-0.4, -0.2) is 39.6 Å². The Hall–Kier alpha value is 0.170. The minimum absolute atomic E-state index is 0. The fourth-order valence-corrected chi connectivity index (χ4v) is 1.24. The fourth-order valence-electron chi connectivity index (χ4n) is 1.24. The molecule has 0 saturated carbocycles. The van der Waals surface area contributed by atoms with Gasteiger partial charge in [0, 0.05) is 13.5 Å². The standard InChI is InChI=1S/C10H23NO2.ClH/c1-5-11(6-2)8-7-9-13-10(3)12-4;/h10H,5-9H2,1-4H3;1H. The highest BCUT2D eigenvalue weighted by Crippen LogP contribution is 1.90. The van der Waals surface area contributed by atoms with Crippen molar-refractivity contribution in [2.24, 2.45) is 0 Å². The highest BCUT2D eigenvalue weighted by Gasteiger charge is 2.03. The zero-order valence-electron chi connectivity index (χ0n) is 9.81. The molecule has 0 aromatic carbocycles. The van der Waals surface area contributed by atoms with Crippen molar-refractivity contribution in [1.29, 1.82) is 0 Å². The minimum Gasteiger partial charge on any atom is -1.00 e. The lowest BCUT2D eigenvalue weighted by Crippen LogP contribution is -3.11. The molecule has 0 aromatic heterocycles. The molecular weight excluding hydrogens is 202 g/mol. The molecule has 14 heavy (non-hydrogen) atoms. The van der Waals surface area contributed by atoms with Crippen LogP contribution in [0.3, 0.4) is 0 Å². The molecule has 0 saturated heterocycles. The molecule has 0 bridgehead atoms. The zero-order chi connectivity index (χ0) is 10.1. The lowest BCUT2D eigenvalue weighted by atomic mass is 10.4. The number of halogens is 1. The molecule has 1 N–H and O–H groups in total. The lowest BCUT2D eigenvalue weighted by Gasteiger charge is -2.16. The van der Waals surface area contributed by atoms with Gasteiger partial charge < -0.3 is 26.8 Å². The van der Waals surface area contributed by atoms with Crippen molar-refractivity contribution in [3.8, 4) is 0 Å². The summed E-state index contributed by atoms with van der Waals surface area (Å²) in [5.74, 6) is 0. The number of methoxy groups -OCH3 is 1. The van der Waals surface area contributed by atoms with Crippen molar-refractivity contribution in [1.82, 2.24) is 0 Å². The van der Waals surface area contributed by atoms with Crippen molar-refractivity contribution in [3.05, 3.63) is 0 Å². The second-order valence-electron chi connectivity index (χ2n) is 3.23. The molecule has 88 valence electrons. The zero-order valence-corrected chi connectivity index (χ0v) is 10.6. The van der Waals surface area contributed by atoms with Gasteiger partial charge >= 0.3 is 0 Å². The van der Waals surface area contributed by atoms with E-state index in [1.807, 2.05) is 6.92 Å². The van der Waals surface area contributed by atoms with Crippen LogP contribution in [0.25, 0.3) is 0 Å². The summed E-state index contributed by atoms with van der Waals surface area (Å²) in [6.45, 7) is 10.8. The van der Waals surface area contributed by atoms with Crippen LogP contribution in [0.4, 0.5) is 0 Å². The van der Waals surface area contributed by atoms with Crippen LogP contribution in [0.5, 0.6) is 0 Å².